The first-order chi connectivity index (χ1) is 15.3. The van der Waals surface area contributed by atoms with Crippen LogP contribution in [0.3, 0.4) is 0 Å². The fraction of sp³-hybridized carbons (Fsp3) is 0.269. The number of sulfonamides is 1. The van der Waals surface area contributed by atoms with Crippen molar-refractivity contribution in [2.24, 2.45) is 5.92 Å². The maximum absolute atomic E-state index is 12.7. The lowest BCUT2D eigenvalue weighted by Gasteiger charge is -2.20. The molecule has 1 amide bonds. The number of benzene rings is 3. The summed E-state index contributed by atoms with van der Waals surface area (Å²) < 4.78 is 27.3. The van der Waals surface area contributed by atoms with Gasteiger partial charge < -0.3 is 5.32 Å². The third-order valence-electron chi connectivity index (χ3n) is 5.13. The number of carbonyl (C=O) groups excluding carboxylic acids is 1. The SMILES string of the molecule is CC(C)CNS(=O)(=O)c1ccc(CCC(=O)NC(c2ccccc2)c2ccccc2)cc1. The molecule has 0 heterocycles. The van der Waals surface area contributed by atoms with Crippen molar-refractivity contribution in [1.82, 2.24) is 10.0 Å². The van der Waals surface area contributed by atoms with Crippen molar-refractivity contribution in [3.8, 4) is 0 Å². The number of hydrogen-bond donors (Lipinski definition) is 2. The molecule has 0 saturated heterocycles. The summed E-state index contributed by atoms with van der Waals surface area (Å²) in [7, 11) is -3.51. The van der Waals surface area contributed by atoms with Crippen molar-refractivity contribution in [2.75, 3.05) is 6.54 Å². The summed E-state index contributed by atoms with van der Waals surface area (Å²) in [6.07, 6.45) is 0.843. The van der Waals surface area contributed by atoms with Gasteiger partial charge in [-0.25, -0.2) is 13.1 Å². The normalized spacial score (nSPS) is 11.6. The highest BCUT2D eigenvalue weighted by Gasteiger charge is 2.17. The van der Waals surface area contributed by atoms with Gasteiger partial charge in [0.05, 0.1) is 10.9 Å². The molecule has 5 nitrogen and oxygen atoms in total. The van der Waals surface area contributed by atoms with Gasteiger partial charge in [0.1, 0.15) is 0 Å². The van der Waals surface area contributed by atoms with E-state index in [1.807, 2.05) is 74.5 Å². The van der Waals surface area contributed by atoms with E-state index in [0.29, 0.717) is 19.4 Å². The lowest BCUT2D eigenvalue weighted by atomic mass is 9.98. The van der Waals surface area contributed by atoms with Gasteiger partial charge >= 0.3 is 0 Å². The monoisotopic (exact) mass is 450 g/mol. The Kier molecular flexibility index (Phi) is 8.20. The smallest absolute Gasteiger partial charge is 0.240 e. The number of amides is 1. The van der Waals surface area contributed by atoms with Gasteiger partial charge in [-0.3, -0.25) is 4.79 Å². The Hall–Kier alpha value is -2.96. The average molecular weight is 451 g/mol. The summed E-state index contributed by atoms with van der Waals surface area (Å²) >= 11 is 0. The molecule has 0 radical (unpaired) electrons. The number of nitrogens with one attached hydrogen (secondary N) is 2. The Balaban J connectivity index is 1.62. The maximum Gasteiger partial charge on any atom is 0.240 e. The number of hydrogen-bond acceptors (Lipinski definition) is 3. The van der Waals surface area contributed by atoms with Crippen LogP contribution in [0.4, 0.5) is 0 Å². The molecular formula is C26H30N2O3S. The van der Waals surface area contributed by atoms with E-state index in [4.69, 9.17) is 0 Å². The van der Waals surface area contributed by atoms with Crippen LogP contribution in [0, 0.1) is 5.92 Å². The Morgan fingerprint density at radius 3 is 1.84 bits per heavy atom. The minimum atomic E-state index is -3.51. The highest BCUT2D eigenvalue weighted by Crippen LogP contribution is 2.22. The average Bonchev–Trinajstić information content (AvgIpc) is 2.81. The number of aryl methyl sites for hydroxylation is 1. The summed E-state index contributed by atoms with van der Waals surface area (Å²) in [5.74, 6) is 0.177. The van der Waals surface area contributed by atoms with E-state index < -0.39 is 10.0 Å². The van der Waals surface area contributed by atoms with E-state index in [2.05, 4.69) is 10.0 Å². The molecule has 0 fully saturated rings. The van der Waals surface area contributed by atoms with Gasteiger partial charge in [0.2, 0.25) is 15.9 Å². The van der Waals surface area contributed by atoms with Crippen LogP contribution in [0.5, 0.6) is 0 Å². The fourth-order valence-corrected chi connectivity index (χ4v) is 4.55. The molecule has 0 aliphatic rings. The van der Waals surface area contributed by atoms with Gasteiger partial charge in [-0.2, -0.15) is 0 Å². The van der Waals surface area contributed by atoms with Gasteiger partial charge in [0.25, 0.3) is 0 Å². The molecule has 0 spiro atoms. The standard InChI is InChI=1S/C26H30N2O3S/c1-20(2)19-27-32(30,31)24-16-13-21(14-17-24)15-18-25(29)28-26(22-9-5-3-6-10-22)23-11-7-4-8-12-23/h3-14,16-17,20,26-27H,15,18-19H2,1-2H3,(H,28,29). The second kappa shape index (κ2) is 11.1. The molecule has 32 heavy (non-hydrogen) atoms. The molecule has 0 unspecified atom stereocenters. The van der Waals surface area contributed by atoms with E-state index in [0.717, 1.165) is 16.7 Å². The zero-order valence-electron chi connectivity index (χ0n) is 18.5. The predicted octanol–water partition coefficient (Wildman–Crippen LogP) is 4.46. The number of carbonyl (C=O) groups is 1. The van der Waals surface area contributed by atoms with Crippen molar-refractivity contribution < 1.29 is 13.2 Å². The molecule has 3 aromatic rings. The first-order valence-electron chi connectivity index (χ1n) is 10.8. The molecule has 6 heteroatoms. The molecule has 0 saturated carbocycles. The van der Waals surface area contributed by atoms with E-state index in [1.54, 1.807) is 24.3 Å². The van der Waals surface area contributed by atoms with Crippen molar-refractivity contribution in [3.63, 3.8) is 0 Å². The van der Waals surface area contributed by atoms with Crippen molar-refractivity contribution in [1.29, 1.82) is 0 Å². The lowest BCUT2D eigenvalue weighted by molar-refractivity contribution is -0.121. The summed E-state index contributed by atoms with van der Waals surface area (Å²) in [5.41, 5.74) is 2.96. The fourth-order valence-electron chi connectivity index (χ4n) is 3.34. The van der Waals surface area contributed by atoms with Gasteiger partial charge in [-0.15, -0.1) is 0 Å². The zero-order valence-corrected chi connectivity index (χ0v) is 19.3. The van der Waals surface area contributed by atoms with Gasteiger partial charge in [-0.05, 0) is 41.2 Å². The third-order valence-corrected chi connectivity index (χ3v) is 6.57. The number of rotatable bonds is 10. The van der Waals surface area contributed by atoms with Crippen molar-refractivity contribution >= 4 is 15.9 Å². The van der Waals surface area contributed by atoms with Crippen LogP contribution in [0.15, 0.2) is 89.8 Å². The Labute approximate surface area is 190 Å². The molecule has 2 N–H and O–H groups in total. The first-order valence-corrected chi connectivity index (χ1v) is 12.3. The molecule has 3 aromatic carbocycles. The van der Waals surface area contributed by atoms with Crippen LogP contribution in [-0.4, -0.2) is 20.9 Å². The Morgan fingerprint density at radius 2 is 1.34 bits per heavy atom. The summed E-state index contributed by atoms with van der Waals surface area (Å²) in [6.45, 7) is 4.31. The molecule has 0 aromatic heterocycles. The summed E-state index contributed by atoms with van der Waals surface area (Å²) in [4.78, 5) is 13.0. The quantitative estimate of drug-likeness (QED) is 0.479. The second-order valence-electron chi connectivity index (χ2n) is 8.21. The second-order valence-corrected chi connectivity index (χ2v) is 9.98. The van der Waals surface area contributed by atoms with Crippen LogP contribution in [0.1, 0.15) is 43.0 Å². The van der Waals surface area contributed by atoms with Crippen molar-refractivity contribution in [2.45, 2.75) is 37.6 Å². The van der Waals surface area contributed by atoms with E-state index >= 15 is 0 Å². The predicted molar refractivity (Wildman–Crippen MR) is 128 cm³/mol. The van der Waals surface area contributed by atoms with Crippen LogP contribution < -0.4 is 10.0 Å². The summed E-state index contributed by atoms with van der Waals surface area (Å²) in [6, 6.07) is 26.3. The maximum atomic E-state index is 12.7. The lowest BCUT2D eigenvalue weighted by Crippen LogP contribution is -2.29. The van der Waals surface area contributed by atoms with Gasteiger partial charge in [0.15, 0.2) is 0 Å². The van der Waals surface area contributed by atoms with Gasteiger partial charge in [0, 0.05) is 13.0 Å². The molecule has 0 bridgehead atoms. The summed E-state index contributed by atoms with van der Waals surface area (Å²) in [5, 5.41) is 3.14. The van der Waals surface area contributed by atoms with Crippen molar-refractivity contribution in [3.05, 3.63) is 102 Å². The van der Waals surface area contributed by atoms with Crippen LogP contribution >= 0.6 is 0 Å². The molecular weight excluding hydrogens is 420 g/mol. The van der Waals surface area contributed by atoms with Crippen LogP contribution in [0.25, 0.3) is 0 Å². The van der Waals surface area contributed by atoms with Crippen LogP contribution in [0.2, 0.25) is 0 Å². The van der Waals surface area contributed by atoms with Gasteiger partial charge in [-0.1, -0.05) is 86.6 Å². The molecule has 0 aliphatic carbocycles. The topological polar surface area (TPSA) is 75.3 Å². The molecule has 0 aliphatic heterocycles. The molecule has 0 atom stereocenters. The Morgan fingerprint density at radius 1 is 0.812 bits per heavy atom. The zero-order chi connectivity index (χ0) is 23.0. The van der Waals surface area contributed by atoms with E-state index in [9.17, 15) is 13.2 Å². The highest BCUT2D eigenvalue weighted by atomic mass is 32.2. The minimum Gasteiger partial charge on any atom is -0.345 e. The largest absolute Gasteiger partial charge is 0.345 e. The highest BCUT2D eigenvalue weighted by molar-refractivity contribution is 7.89. The minimum absolute atomic E-state index is 0.0574. The molecule has 3 rings (SSSR count). The van der Waals surface area contributed by atoms with E-state index in [1.165, 1.54) is 0 Å². The Bertz CT molecular complexity index is 1060. The van der Waals surface area contributed by atoms with E-state index in [-0.39, 0.29) is 22.8 Å². The first kappa shape index (κ1) is 23.7. The van der Waals surface area contributed by atoms with Crippen LogP contribution in [-0.2, 0) is 21.2 Å². The molecule has 168 valence electrons. The third kappa shape index (κ3) is 6.77.